The van der Waals surface area contributed by atoms with E-state index in [2.05, 4.69) is 19.2 Å². The summed E-state index contributed by atoms with van der Waals surface area (Å²) in [5.41, 5.74) is 1.22. The van der Waals surface area contributed by atoms with Crippen LogP contribution in [0.1, 0.15) is 35.3 Å². The second-order valence-corrected chi connectivity index (χ2v) is 5.65. The van der Waals surface area contributed by atoms with E-state index in [4.69, 9.17) is 14.5 Å². The van der Waals surface area contributed by atoms with Crippen LogP contribution in [0.3, 0.4) is 0 Å². The fourth-order valence-electron chi connectivity index (χ4n) is 1.66. The van der Waals surface area contributed by atoms with E-state index < -0.39 is 0 Å². The molecule has 5 heteroatoms. The molecule has 1 aromatic rings. The van der Waals surface area contributed by atoms with Crippen LogP contribution in [0.2, 0.25) is 0 Å². The lowest BCUT2D eigenvalue weighted by atomic mass is 10.1. The summed E-state index contributed by atoms with van der Waals surface area (Å²) >= 11 is 1.79. The molecule has 0 fully saturated rings. The maximum Gasteiger partial charge on any atom is 0.0954 e. The lowest BCUT2D eigenvalue weighted by Gasteiger charge is -2.06. The van der Waals surface area contributed by atoms with Crippen molar-refractivity contribution < 1.29 is 9.47 Å². The van der Waals surface area contributed by atoms with Crippen molar-refractivity contribution in [2.75, 3.05) is 34.0 Å². The van der Waals surface area contributed by atoms with Gasteiger partial charge in [0.2, 0.25) is 0 Å². The molecule has 1 rings (SSSR count). The van der Waals surface area contributed by atoms with Gasteiger partial charge in [0.15, 0.2) is 0 Å². The van der Waals surface area contributed by atoms with Crippen molar-refractivity contribution in [3.05, 3.63) is 15.6 Å². The van der Waals surface area contributed by atoms with Crippen molar-refractivity contribution in [3.8, 4) is 0 Å². The van der Waals surface area contributed by atoms with Crippen molar-refractivity contribution in [1.29, 1.82) is 0 Å². The number of rotatable bonds is 9. The molecule has 1 heterocycles. The monoisotopic (exact) mass is 272 g/mol. The second-order valence-electron chi connectivity index (χ2n) is 4.48. The number of thiazole rings is 1. The maximum atomic E-state index is 5.10. The summed E-state index contributed by atoms with van der Waals surface area (Å²) in [6.07, 6.45) is 0.902. The number of hydrogen-bond acceptors (Lipinski definition) is 5. The zero-order chi connectivity index (χ0) is 13.4. The van der Waals surface area contributed by atoms with E-state index in [-0.39, 0.29) is 0 Å². The highest BCUT2D eigenvalue weighted by Gasteiger charge is 2.13. The Morgan fingerprint density at radius 1 is 1.22 bits per heavy atom. The lowest BCUT2D eigenvalue weighted by molar-refractivity contribution is 0.199. The number of ether oxygens (including phenoxy) is 2. The highest BCUT2D eigenvalue weighted by atomic mass is 32.1. The molecule has 0 radical (unpaired) electrons. The molecule has 0 amide bonds. The number of methoxy groups -OCH3 is 2. The van der Waals surface area contributed by atoms with Crippen LogP contribution in [0.5, 0.6) is 0 Å². The van der Waals surface area contributed by atoms with Gasteiger partial charge >= 0.3 is 0 Å². The summed E-state index contributed by atoms with van der Waals surface area (Å²) < 4.78 is 10.1. The van der Waals surface area contributed by atoms with E-state index in [1.165, 1.54) is 15.6 Å². The van der Waals surface area contributed by atoms with Crippen LogP contribution in [0.4, 0.5) is 0 Å². The molecule has 0 saturated carbocycles. The molecule has 0 aliphatic rings. The van der Waals surface area contributed by atoms with E-state index in [0.29, 0.717) is 5.92 Å². The van der Waals surface area contributed by atoms with E-state index in [0.717, 1.165) is 32.7 Å². The summed E-state index contributed by atoms with van der Waals surface area (Å²) in [5.74, 6) is 0.469. The van der Waals surface area contributed by atoms with Gasteiger partial charge in [0, 0.05) is 38.6 Å². The Morgan fingerprint density at radius 3 is 2.56 bits per heavy atom. The minimum absolute atomic E-state index is 0.469. The second kappa shape index (κ2) is 8.58. The largest absolute Gasteiger partial charge is 0.384 e. The molecule has 104 valence electrons. The molecule has 4 nitrogen and oxygen atoms in total. The molecule has 0 saturated heterocycles. The average Bonchev–Trinajstić information content (AvgIpc) is 2.75. The summed E-state index contributed by atoms with van der Waals surface area (Å²) in [7, 11) is 3.45. The van der Waals surface area contributed by atoms with Crippen molar-refractivity contribution in [1.82, 2.24) is 10.3 Å². The zero-order valence-electron chi connectivity index (χ0n) is 11.8. The number of nitrogens with one attached hydrogen (secondary N) is 1. The third-order valence-electron chi connectivity index (χ3n) is 2.61. The van der Waals surface area contributed by atoms with Crippen molar-refractivity contribution in [2.45, 2.75) is 32.7 Å². The number of aromatic nitrogens is 1. The van der Waals surface area contributed by atoms with Gasteiger partial charge in [-0.15, -0.1) is 11.3 Å². The molecule has 0 unspecified atom stereocenters. The quantitative estimate of drug-likeness (QED) is 0.700. The molecule has 0 aromatic carbocycles. The SMILES string of the molecule is COCCNCc1sc(CCOC)nc1C(C)C. The van der Waals surface area contributed by atoms with Crippen LogP contribution in [-0.4, -0.2) is 39.0 Å². The molecular weight excluding hydrogens is 248 g/mol. The van der Waals surface area contributed by atoms with Gasteiger partial charge in [-0.3, -0.25) is 0 Å². The minimum Gasteiger partial charge on any atom is -0.384 e. The van der Waals surface area contributed by atoms with Gasteiger partial charge in [0.25, 0.3) is 0 Å². The molecule has 0 atom stereocenters. The molecule has 0 spiro atoms. The first kappa shape index (κ1) is 15.6. The summed E-state index contributed by atoms with van der Waals surface area (Å²) in [6.45, 7) is 7.61. The van der Waals surface area contributed by atoms with Gasteiger partial charge in [-0.2, -0.15) is 0 Å². The molecule has 0 bridgehead atoms. The number of hydrogen-bond donors (Lipinski definition) is 1. The molecule has 1 aromatic heterocycles. The molecule has 0 aliphatic carbocycles. The van der Waals surface area contributed by atoms with Crippen LogP contribution < -0.4 is 5.32 Å². The Morgan fingerprint density at radius 2 is 1.94 bits per heavy atom. The van der Waals surface area contributed by atoms with E-state index in [9.17, 15) is 0 Å². The number of nitrogens with zero attached hydrogens (tertiary/aromatic N) is 1. The Balaban J connectivity index is 2.59. The van der Waals surface area contributed by atoms with Gasteiger partial charge in [-0.25, -0.2) is 4.98 Å². The maximum absolute atomic E-state index is 5.10. The van der Waals surface area contributed by atoms with Crippen molar-refractivity contribution >= 4 is 11.3 Å². The zero-order valence-corrected chi connectivity index (χ0v) is 12.6. The van der Waals surface area contributed by atoms with Gasteiger partial charge in [0.05, 0.1) is 23.9 Å². The fraction of sp³-hybridized carbons (Fsp3) is 0.769. The molecule has 0 aliphatic heterocycles. The summed E-state index contributed by atoms with van der Waals surface area (Å²) in [6, 6.07) is 0. The predicted octanol–water partition coefficient (Wildman–Crippen LogP) is 2.19. The van der Waals surface area contributed by atoms with Crippen LogP contribution in [-0.2, 0) is 22.4 Å². The van der Waals surface area contributed by atoms with Crippen LogP contribution >= 0.6 is 11.3 Å². The highest BCUT2D eigenvalue weighted by Crippen LogP contribution is 2.25. The lowest BCUT2D eigenvalue weighted by Crippen LogP contribution is -2.18. The Bertz CT molecular complexity index is 340. The first-order chi connectivity index (χ1) is 8.69. The average molecular weight is 272 g/mol. The van der Waals surface area contributed by atoms with Crippen LogP contribution in [0.15, 0.2) is 0 Å². The summed E-state index contributed by atoms with van der Waals surface area (Å²) in [4.78, 5) is 6.05. The Labute approximate surface area is 114 Å². The fourth-order valence-corrected chi connectivity index (χ4v) is 2.84. The van der Waals surface area contributed by atoms with Gasteiger partial charge in [-0.1, -0.05) is 13.8 Å². The minimum atomic E-state index is 0.469. The summed E-state index contributed by atoms with van der Waals surface area (Å²) in [5, 5.41) is 4.55. The van der Waals surface area contributed by atoms with Crippen LogP contribution in [0.25, 0.3) is 0 Å². The molecule has 18 heavy (non-hydrogen) atoms. The third kappa shape index (κ3) is 5.02. The third-order valence-corrected chi connectivity index (χ3v) is 3.74. The molecular formula is C13H24N2O2S. The normalized spacial score (nSPS) is 11.4. The smallest absolute Gasteiger partial charge is 0.0954 e. The highest BCUT2D eigenvalue weighted by molar-refractivity contribution is 7.11. The van der Waals surface area contributed by atoms with Gasteiger partial charge in [-0.05, 0) is 5.92 Å². The Hall–Kier alpha value is -0.490. The standard InChI is InChI=1S/C13H24N2O2S/c1-10(2)13-11(9-14-6-8-17-4)18-12(15-13)5-7-16-3/h10,14H,5-9H2,1-4H3. The van der Waals surface area contributed by atoms with Crippen LogP contribution in [0, 0.1) is 0 Å². The predicted molar refractivity (Wildman–Crippen MR) is 75.4 cm³/mol. The van der Waals surface area contributed by atoms with E-state index >= 15 is 0 Å². The van der Waals surface area contributed by atoms with Crippen molar-refractivity contribution in [3.63, 3.8) is 0 Å². The Kier molecular flexibility index (Phi) is 7.42. The van der Waals surface area contributed by atoms with E-state index in [1.807, 2.05) is 0 Å². The van der Waals surface area contributed by atoms with E-state index in [1.54, 1.807) is 25.6 Å². The molecule has 1 N–H and O–H groups in total. The first-order valence-electron chi connectivity index (χ1n) is 6.36. The first-order valence-corrected chi connectivity index (χ1v) is 7.17. The van der Waals surface area contributed by atoms with Gasteiger partial charge in [0.1, 0.15) is 0 Å². The van der Waals surface area contributed by atoms with Gasteiger partial charge < -0.3 is 14.8 Å². The topological polar surface area (TPSA) is 43.4 Å². The van der Waals surface area contributed by atoms with Crippen molar-refractivity contribution in [2.24, 2.45) is 0 Å².